The number of nitrogens with zero attached hydrogens (tertiary/aromatic N) is 2. The number of nitrogens with two attached hydrogens (primary N) is 1. The highest BCUT2D eigenvalue weighted by Crippen LogP contribution is 2.39. The van der Waals surface area contributed by atoms with E-state index in [0.717, 1.165) is 0 Å². The summed E-state index contributed by atoms with van der Waals surface area (Å²) in [6.07, 6.45) is 0.153. The highest BCUT2D eigenvalue weighted by atomic mass is 16.5. The van der Waals surface area contributed by atoms with Gasteiger partial charge in [0.2, 0.25) is 23.6 Å². The lowest BCUT2D eigenvalue weighted by molar-refractivity contribution is -0.140. The van der Waals surface area contributed by atoms with Gasteiger partial charge in [-0.05, 0) is 49.4 Å². The number of hydrogen-bond acceptors (Lipinski definition) is 9. The lowest BCUT2D eigenvalue weighted by Crippen LogP contribution is -2.55. The van der Waals surface area contributed by atoms with Crippen molar-refractivity contribution in [2.75, 3.05) is 40.3 Å². The Hall–Kier alpha value is -4.67. The van der Waals surface area contributed by atoms with Gasteiger partial charge in [-0.3, -0.25) is 19.2 Å². The van der Waals surface area contributed by atoms with Crippen LogP contribution in [0.3, 0.4) is 0 Å². The zero-order valence-electron chi connectivity index (χ0n) is 23.9. The zero-order valence-corrected chi connectivity index (χ0v) is 23.9. The van der Waals surface area contributed by atoms with E-state index in [1.54, 1.807) is 37.4 Å². The highest BCUT2D eigenvalue weighted by molar-refractivity contribution is 5.95. The topological polar surface area (TPSA) is 199 Å². The highest BCUT2D eigenvalue weighted by Gasteiger charge is 2.33. The van der Waals surface area contributed by atoms with Crippen LogP contribution in [0.15, 0.2) is 36.4 Å². The molecule has 0 radical (unpaired) electrons. The van der Waals surface area contributed by atoms with Gasteiger partial charge in [0.25, 0.3) is 0 Å². The zero-order chi connectivity index (χ0) is 30.8. The van der Waals surface area contributed by atoms with Crippen molar-refractivity contribution in [1.29, 1.82) is 5.26 Å². The summed E-state index contributed by atoms with van der Waals surface area (Å²) in [5.74, 6) is -1.87. The van der Waals surface area contributed by atoms with Crippen LogP contribution in [0.4, 0.5) is 0 Å². The maximum absolute atomic E-state index is 13.7. The summed E-state index contributed by atoms with van der Waals surface area (Å²) < 4.78 is 5.87. The number of ether oxygens (including phenoxy) is 1. The van der Waals surface area contributed by atoms with Crippen LogP contribution >= 0.6 is 0 Å². The first-order valence-corrected chi connectivity index (χ1v) is 13.6. The predicted molar refractivity (Wildman–Crippen MR) is 154 cm³/mol. The Morgan fingerprint density at radius 1 is 1.17 bits per heavy atom. The van der Waals surface area contributed by atoms with Crippen LogP contribution in [-0.2, 0) is 25.6 Å². The molecular weight excluding hydrogens is 542 g/mol. The normalized spacial score (nSPS) is 18.5. The average molecular weight is 580 g/mol. The first kappa shape index (κ1) is 31.9. The Kier molecular flexibility index (Phi) is 11.2. The molecule has 0 aliphatic carbocycles. The third-order valence-corrected chi connectivity index (χ3v) is 6.83. The molecule has 0 unspecified atom stereocenters. The van der Waals surface area contributed by atoms with Crippen LogP contribution in [0.5, 0.6) is 11.5 Å². The molecule has 7 N–H and O–H groups in total. The lowest BCUT2D eigenvalue weighted by atomic mass is 9.93. The molecule has 0 spiro atoms. The van der Waals surface area contributed by atoms with Crippen LogP contribution in [0, 0.1) is 11.3 Å². The number of benzene rings is 2. The second-order valence-corrected chi connectivity index (χ2v) is 9.88. The number of nitriles is 1. The largest absolute Gasteiger partial charge is 0.507 e. The molecule has 42 heavy (non-hydrogen) atoms. The second kappa shape index (κ2) is 14.8. The van der Waals surface area contributed by atoms with Gasteiger partial charge < -0.3 is 41.7 Å². The van der Waals surface area contributed by atoms with Crippen LogP contribution in [0.2, 0.25) is 0 Å². The van der Waals surface area contributed by atoms with E-state index >= 15 is 0 Å². The van der Waals surface area contributed by atoms with Crippen molar-refractivity contribution in [3.8, 4) is 28.7 Å². The molecule has 3 atom stereocenters. The Bertz CT molecular complexity index is 1360. The number of carbonyl (C=O) groups is 4. The summed E-state index contributed by atoms with van der Waals surface area (Å²) in [4.78, 5) is 54.1. The molecule has 1 aliphatic rings. The molecule has 0 fully saturated rings. The van der Waals surface area contributed by atoms with Crippen molar-refractivity contribution in [3.63, 3.8) is 0 Å². The second-order valence-electron chi connectivity index (χ2n) is 9.88. The fourth-order valence-corrected chi connectivity index (χ4v) is 4.60. The van der Waals surface area contributed by atoms with Gasteiger partial charge in [-0.25, -0.2) is 0 Å². The number of hydrogen-bond donors (Lipinski definition) is 6. The Morgan fingerprint density at radius 3 is 2.62 bits per heavy atom. The number of phenols is 1. The Labute approximate surface area is 244 Å². The molecule has 2 aromatic rings. The third kappa shape index (κ3) is 7.74. The minimum Gasteiger partial charge on any atom is -0.507 e. The first-order chi connectivity index (χ1) is 20.1. The van der Waals surface area contributed by atoms with E-state index in [2.05, 4.69) is 21.3 Å². The Balaban J connectivity index is 2.22. The molecule has 2 aromatic carbocycles. The molecule has 1 aliphatic heterocycles. The Morgan fingerprint density at radius 2 is 1.93 bits per heavy atom. The van der Waals surface area contributed by atoms with Crippen molar-refractivity contribution in [3.05, 3.63) is 47.5 Å². The van der Waals surface area contributed by atoms with Gasteiger partial charge in [0, 0.05) is 44.1 Å². The number of fused-ring (bicyclic) bond motifs is 5. The van der Waals surface area contributed by atoms with Gasteiger partial charge in [-0.15, -0.1) is 0 Å². The third-order valence-electron chi connectivity index (χ3n) is 6.83. The lowest BCUT2D eigenvalue weighted by Gasteiger charge is -2.30. The standard InChI is InChI=1S/C29H37N7O6/c1-17-27(39)35-22(28(40)33-12-9-30)15-18-4-6-23(37)20(14-18)21-16-19(5-7-24(21)42-13-10-31)26(29(41)34-17)36(3)25(38)8-11-32-2/h4-7,14,16-17,22,26,32,37H,8,10-13,15,31H2,1-3H3,(H,33,40)(H,34,41)(H,35,39)/t17-,22-,26-/m0/s1. The van der Waals surface area contributed by atoms with Gasteiger partial charge in [-0.1, -0.05) is 12.1 Å². The van der Waals surface area contributed by atoms with Crippen molar-refractivity contribution < 1.29 is 29.0 Å². The molecule has 4 amide bonds. The number of likely N-dealkylation sites (N-methyl/N-ethyl adjacent to an activating group) is 1. The number of amides is 4. The van der Waals surface area contributed by atoms with Crippen molar-refractivity contribution in [2.24, 2.45) is 5.73 Å². The minimum absolute atomic E-state index is 0.0287. The molecule has 13 nitrogen and oxygen atoms in total. The number of carbonyl (C=O) groups excluding carboxylic acids is 4. The summed E-state index contributed by atoms with van der Waals surface area (Å²) in [7, 11) is 3.21. The summed E-state index contributed by atoms with van der Waals surface area (Å²) in [5.41, 5.74) is 7.47. The van der Waals surface area contributed by atoms with Crippen LogP contribution in [-0.4, -0.2) is 86.1 Å². The number of aromatic hydroxyl groups is 1. The number of rotatable bonds is 9. The maximum Gasteiger partial charge on any atom is 0.248 e. The van der Waals surface area contributed by atoms with Crippen LogP contribution < -0.4 is 31.7 Å². The summed E-state index contributed by atoms with van der Waals surface area (Å²) in [6.45, 7) is 2.02. The molecule has 224 valence electrons. The van der Waals surface area contributed by atoms with E-state index < -0.39 is 35.8 Å². The van der Waals surface area contributed by atoms with E-state index in [1.807, 2.05) is 6.07 Å². The van der Waals surface area contributed by atoms with E-state index in [-0.39, 0.29) is 44.2 Å². The molecule has 0 saturated heterocycles. The predicted octanol–water partition coefficient (Wildman–Crippen LogP) is -0.309. The molecule has 0 aromatic heterocycles. The number of nitrogens with one attached hydrogen (secondary N) is 4. The molecule has 1 heterocycles. The van der Waals surface area contributed by atoms with E-state index in [1.165, 1.54) is 24.9 Å². The molecular formula is C29H37N7O6. The molecule has 0 saturated carbocycles. The van der Waals surface area contributed by atoms with E-state index in [4.69, 9.17) is 15.7 Å². The summed E-state index contributed by atoms with van der Waals surface area (Å²) >= 11 is 0. The molecule has 13 heteroatoms. The SMILES string of the molecule is CNCCC(=O)N(C)[C@@H]1C(=O)N[C@@H](C)C(=O)N[C@H](C(=O)NCC#N)Cc2ccc(O)c(c2)-c2cc1ccc2OCCN. The van der Waals surface area contributed by atoms with Crippen molar-refractivity contribution in [2.45, 2.75) is 37.9 Å². The fourth-order valence-electron chi connectivity index (χ4n) is 4.60. The van der Waals surface area contributed by atoms with Crippen molar-refractivity contribution >= 4 is 23.6 Å². The van der Waals surface area contributed by atoms with Crippen molar-refractivity contribution in [1.82, 2.24) is 26.2 Å². The summed E-state index contributed by atoms with van der Waals surface area (Å²) in [6, 6.07) is 8.20. The van der Waals surface area contributed by atoms with Crippen LogP contribution in [0.25, 0.3) is 11.1 Å². The van der Waals surface area contributed by atoms with Gasteiger partial charge in [0.15, 0.2) is 0 Å². The number of phenolic OH excluding ortho intramolecular Hbond substituents is 1. The van der Waals surface area contributed by atoms with Gasteiger partial charge >= 0.3 is 0 Å². The molecule has 4 bridgehead atoms. The average Bonchev–Trinajstić information content (AvgIpc) is 2.97. The van der Waals surface area contributed by atoms with Crippen LogP contribution in [0.1, 0.15) is 30.5 Å². The van der Waals surface area contributed by atoms with Gasteiger partial charge in [-0.2, -0.15) is 5.26 Å². The minimum atomic E-state index is -1.14. The fraction of sp³-hybridized carbons (Fsp3) is 0.414. The van der Waals surface area contributed by atoms with Gasteiger partial charge in [0.05, 0.1) is 6.07 Å². The summed E-state index contributed by atoms with van der Waals surface area (Å²) in [5, 5.41) is 30.5. The first-order valence-electron chi connectivity index (χ1n) is 13.6. The maximum atomic E-state index is 13.7. The molecule has 3 rings (SSSR count). The van der Waals surface area contributed by atoms with E-state index in [0.29, 0.717) is 34.5 Å². The monoisotopic (exact) mass is 579 g/mol. The smallest absolute Gasteiger partial charge is 0.248 e. The van der Waals surface area contributed by atoms with Gasteiger partial charge in [0.1, 0.15) is 42.8 Å². The van der Waals surface area contributed by atoms with E-state index in [9.17, 15) is 24.3 Å². The quantitative estimate of drug-likeness (QED) is 0.216.